The Morgan fingerprint density at radius 2 is 2.19 bits per heavy atom. The fraction of sp³-hybridized carbons (Fsp3) is 0.400. The molecule has 6 heteroatoms. The molecule has 1 aromatic heterocycles. The number of ether oxygens (including phenoxy) is 1. The molecule has 1 N–H and O–H groups in total. The molecule has 0 spiro atoms. The number of aromatic nitrogens is 2. The summed E-state index contributed by atoms with van der Waals surface area (Å²) < 4.78 is 10.7. The summed E-state index contributed by atoms with van der Waals surface area (Å²) in [5.41, 5.74) is 0.877. The minimum Gasteiger partial charge on any atom is -0.484 e. The molecular formula is C15H18N2O4. The molecule has 2 rings (SSSR count). The fourth-order valence-corrected chi connectivity index (χ4v) is 1.93. The van der Waals surface area contributed by atoms with Crippen LogP contribution in [-0.4, -0.2) is 21.2 Å². The Bertz CT molecular complexity index is 634. The molecule has 21 heavy (non-hydrogen) atoms. The van der Waals surface area contributed by atoms with Gasteiger partial charge in [0.2, 0.25) is 11.7 Å². The Balaban J connectivity index is 2.10. The highest BCUT2D eigenvalue weighted by atomic mass is 16.5. The van der Waals surface area contributed by atoms with Crippen molar-refractivity contribution in [1.82, 2.24) is 10.1 Å². The Kier molecular flexibility index (Phi) is 4.57. The summed E-state index contributed by atoms with van der Waals surface area (Å²) in [6.45, 7) is 5.99. The van der Waals surface area contributed by atoms with E-state index in [0.29, 0.717) is 29.8 Å². The van der Waals surface area contributed by atoms with Crippen molar-refractivity contribution >= 4 is 5.97 Å². The summed E-state index contributed by atoms with van der Waals surface area (Å²) in [5.74, 6) is 0.703. The summed E-state index contributed by atoms with van der Waals surface area (Å²) in [7, 11) is 0. The Hall–Kier alpha value is -2.37. The maximum Gasteiger partial charge on any atom is 0.339 e. The van der Waals surface area contributed by atoms with Crippen molar-refractivity contribution in [2.24, 2.45) is 5.92 Å². The average Bonchev–Trinajstić information content (AvgIpc) is 2.83. The first-order valence-electron chi connectivity index (χ1n) is 6.74. The number of nitrogens with zero attached hydrogens (tertiary/aromatic N) is 2. The third kappa shape index (κ3) is 3.81. The molecule has 0 radical (unpaired) electrons. The first-order chi connectivity index (χ1) is 9.97. The van der Waals surface area contributed by atoms with Gasteiger partial charge in [-0.3, -0.25) is 0 Å². The standard InChI is InChI=1S/C15H18N2O4/c1-9(2)7-13-16-12(17-21-13)8-20-14-10(3)5-4-6-11(14)15(18)19/h4-6,9H,7-8H2,1-3H3,(H,18,19). The lowest BCUT2D eigenvalue weighted by Gasteiger charge is -2.10. The first-order valence-corrected chi connectivity index (χ1v) is 6.74. The molecule has 0 saturated carbocycles. The van der Waals surface area contributed by atoms with Crippen LogP contribution in [0, 0.1) is 12.8 Å². The molecule has 0 aliphatic rings. The van der Waals surface area contributed by atoms with Gasteiger partial charge in [0, 0.05) is 6.42 Å². The third-order valence-electron chi connectivity index (χ3n) is 2.88. The maximum atomic E-state index is 11.2. The van der Waals surface area contributed by atoms with E-state index < -0.39 is 5.97 Å². The van der Waals surface area contributed by atoms with Gasteiger partial charge in [-0.15, -0.1) is 0 Å². The third-order valence-corrected chi connectivity index (χ3v) is 2.88. The Labute approximate surface area is 122 Å². The second-order valence-corrected chi connectivity index (χ2v) is 5.25. The van der Waals surface area contributed by atoms with Gasteiger partial charge in [0.15, 0.2) is 6.61 Å². The zero-order chi connectivity index (χ0) is 15.4. The second kappa shape index (κ2) is 6.39. The quantitative estimate of drug-likeness (QED) is 0.880. The molecule has 0 bridgehead atoms. The molecule has 0 amide bonds. The summed E-state index contributed by atoms with van der Waals surface area (Å²) in [4.78, 5) is 15.4. The Morgan fingerprint density at radius 1 is 1.43 bits per heavy atom. The molecule has 0 aliphatic heterocycles. The number of hydrogen-bond acceptors (Lipinski definition) is 5. The van der Waals surface area contributed by atoms with E-state index in [1.54, 1.807) is 19.1 Å². The van der Waals surface area contributed by atoms with E-state index in [0.717, 1.165) is 5.56 Å². The van der Waals surface area contributed by atoms with Crippen LogP contribution in [0.3, 0.4) is 0 Å². The molecule has 0 aliphatic carbocycles. The van der Waals surface area contributed by atoms with Crippen molar-refractivity contribution in [3.05, 3.63) is 41.0 Å². The van der Waals surface area contributed by atoms with Gasteiger partial charge in [0.05, 0.1) is 0 Å². The summed E-state index contributed by atoms with van der Waals surface area (Å²) in [5, 5.41) is 13.0. The van der Waals surface area contributed by atoms with E-state index in [4.69, 9.17) is 14.4 Å². The van der Waals surface area contributed by atoms with E-state index >= 15 is 0 Å². The van der Waals surface area contributed by atoms with Crippen LogP contribution in [0.1, 0.15) is 41.5 Å². The smallest absolute Gasteiger partial charge is 0.339 e. The van der Waals surface area contributed by atoms with Gasteiger partial charge in [-0.2, -0.15) is 4.98 Å². The van der Waals surface area contributed by atoms with Crippen molar-refractivity contribution in [3.63, 3.8) is 0 Å². The molecule has 0 atom stereocenters. The van der Waals surface area contributed by atoms with Crippen LogP contribution < -0.4 is 4.74 Å². The van der Waals surface area contributed by atoms with E-state index in [2.05, 4.69) is 24.0 Å². The molecular weight excluding hydrogens is 272 g/mol. The average molecular weight is 290 g/mol. The number of aromatic carboxylic acids is 1. The predicted molar refractivity (Wildman–Crippen MR) is 75.3 cm³/mol. The molecule has 6 nitrogen and oxygen atoms in total. The first kappa shape index (κ1) is 15.0. The number of benzene rings is 1. The van der Waals surface area contributed by atoms with Crippen molar-refractivity contribution in [2.45, 2.75) is 33.8 Å². The lowest BCUT2D eigenvalue weighted by molar-refractivity contribution is 0.0691. The monoisotopic (exact) mass is 290 g/mol. The van der Waals surface area contributed by atoms with Crippen molar-refractivity contribution in [2.75, 3.05) is 0 Å². The van der Waals surface area contributed by atoms with Crippen LogP contribution in [0.4, 0.5) is 0 Å². The normalized spacial score (nSPS) is 10.9. The number of para-hydroxylation sites is 1. The highest BCUT2D eigenvalue weighted by Gasteiger charge is 2.15. The van der Waals surface area contributed by atoms with Gasteiger partial charge in [0.25, 0.3) is 0 Å². The van der Waals surface area contributed by atoms with Crippen LogP contribution >= 0.6 is 0 Å². The van der Waals surface area contributed by atoms with Crippen LogP contribution in [0.25, 0.3) is 0 Å². The number of carbonyl (C=O) groups is 1. The molecule has 112 valence electrons. The van der Waals surface area contributed by atoms with Gasteiger partial charge >= 0.3 is 5.97 Å². The van der Waals surface area contributed by atoms with Crippen LogP contribution in [0.5, 0.6) is 5.75 Å². The van der Waals surface area contributed by atoms with E-state index in [1.165, 1.54) is 6.07 Å². The number of hydrogen-bond donors (Lipinski definition) is 1. The lowest BCUT2D eigenvalue weighted by atomic mass is 10.1. The molecule has 1 heterocycles. The molecule has 0 saturated heterocycles. The fourth-order valence-electron chi connectivity index (χ4n) is 1.93. The van der Waals surface area contributed by atoms with E-state index in [9.17, 15) is 4.79 Å². The highest BCUT2D eigenvalue weighted by molar-refractivity contribution is 5.91. The zero-order valence-electron chi connectivity index (χ0n) is 12.3. The van der Waals surface area contributed by atoms with Gasteiger partial charge in [0.1, 0.15) is 11.3 Å². The summed E-state index contributed by atoms with van der Waals surface area (Å²) >= 11 is 0. The molecule has 2 aromatic rings. The predicted octanol–water partition coefficient (Wildman–Crippen LogP) is 2.85. The maximum absolute atomic E-state index is 11.2. The zero-order valence-corrected chi connectivity index (χ0v) is 12.3. The van der Waals surface area contributed by atoms with Gasteiger partial charge in [-0.05, 0) is 24.5 Å². The summed E-state index contributed by atoms with van der Waals surface area (Å²) in [6, 6.07) is 4.98. The van der Waals surface area contributed by atoms with Crippen molar-refractivity contribution in [3.8, 4) is 5.75 Å². The minimum absolute atomic E-state index is 0.0761. The van der Waals surface area contributed by atoms with E-state index in [1.807, 2.05) is 0 Å². The number of rotatable bonds is 6. The van der Waals surface area contributed by atoms with E-state index in [-0.39, 0.29) is 12.2 Å². The topological polar surface area (TPSA) is 85.5 Å². The highest BCUT2D eigenvalue weighted by Crippen LogP contribution is 2.24. The summed E-state index contributed by atoms with van der Waals surface area (Å²) in [6.07, 6.45) is 0.706. The number of aryl methyl sites for hydroxylation is 1. The van der Waals surface area contributed by atoms with Crippen LogP contribution in [-0.2, 0) is 13.0 Å². The second-order valence-electron chi connectivity index (χ2n) is 5.25. The number of carboxylic acids is 1. The SMILES string of the molecule is Cc1cccc(C(=O)O)c1OCc1noc(CC(C)C)n1. The van der Waals surface area contributed by atoms with Gasteiger partial charge < -0.3 is 14.4 Å². The minimum atomic E-state index is -1.03. The number of carboxylic acid groups (broad SMARTS) is 1. The molecule has 0 unspecified atom stereocenters. The van der Waals surface area contributed by atoms with Crippen molar-refractivity contribution in [1.29, 1.82) is 0 Å². The lowest BCUT2D eigenvalue weighted by Crippen LogP contribution is -2.06. The molecule has 0 fully saturated rings. The van der Waals surface area contributed by atoms with Gasteiger partial charge in [-0.1, -0.05) is 31.1 Å². The van der Waals surface area contributed by atoms with Gasteiger partial charge in [-0.25, -0.2) is 4.79 Å². The van der Waals surface area contributed by atoms with Crippen molar-refractivity contribution < 1.29 is 19.2 Å². The van der Waals surface area contributed by atoms with Crippen LogP contribution in [0.2, 0.25) is 0 Å². The largest absolute Gasteiger partial charge is 0.484 e. The Morgan fingerprint density at radius 3 is 2.86 bits per heavy atom. The molecule has 1 aromatic carbocycles. The van der Waals surface area contributed by atoms with Crippen LogP contribution in [0.15, 0.2) is 22.7 Å².